The summed E-state index contributed by atoms with van der Waals surface area (Å²) in [7, 11) is 0. The molecular weight excluding hydrogens is 622 g/mol. The van der Waals surface area contributed by atoms with Crippen molar-refractivity contribution in [1.29, 1.82) is 0 Å². The van der Waals surface area contributed by atoms with E-state index in [1.165, 1.54) is 0 Å². The molecule has 2 aromatic heterocycles. The molecule has 1 amide bonds. The average molecular weight is 668 g/mol. The van der Waals surface area contributed by atoms with Crippen molar-refractivity contribution in [3.8, 4) is 16.9 Å². The van der Waals surface area contributed by atoms with Gasteiger partial charge in [0.1, 0.15) is 24.1 Å². The summed E-state index contributed by atoms with van der Waals surface area (Å²) >= 11 is 1.61. The van der Waals surface area contributed by atoms with Gasteiger partial charge >= 0.3 is 0 Å². The second-order valence-electron chi connectivity index (χ2n) is 12.3. The second kappa shape index (κ2) is 16.3. The Hall–Kier alpha value is -3.10. The van der Waals surface area contributed by atoms with Crippen LogP contribution in [0.1, 0.15) is 61.8 Å². The van der Waals surface area contributed by atoms with Gasteiger partial charge in [-0.05, 0) is 80.5 Å². The number of hydrogen-bond acceptors (Lipinski definition) is 11. The van der Waals surface area contributed by atoms with Crippen molar-refractivity contribution in [3.63, 3.8) is 0 Å². The lowest BCUT2D eigenvalue weighted by Crippen LogP contribution is -2.49. The monoisotopic (exact) mass is 667 g/mol. The number of carbonyl (C=O) groups excluding carboxylic acids is 1. The standard InChI is InChI=1S/C35H45N3O8S/c1-22-9-12-32(47-17-5-4-8-31(42)37-19-28(40)33(43)34(44)29(41)20-39)38-27(22)21-45-35(14-15-35)26-18-36-16-13-24(26)25-6-2-3-7-30(25)46-23-10-11-23/h2-3,6-7,9,12-13,16,18,23,28-29,33-34,39-41,43-44H,4-5,8,10-11,14-15,17,19-21H2,1H3,(H,37,42). The molecule has 2 saturated carbocycles. The predicted molar refractivity (Wildman–Crippen MR) is 177 cm³/mol. The van der Waals surface area contributed by atoms with Crippen molar-refractivity contribution < 1.29 is 39.8 Å². The number of aryl methyl sites for hydroxylation is 1. The van der Waals surface area contributed by atoms with Gasteiger partial charge in [-0.25, -0.2) is 4.98 Å². The van der Waals surface area contributed by atoms with Crippen LogP contribution in [-0.2, 0) is 21.7 Å². The summed E-state index contributed by atoms with van der Waals surface area (Å²) in [6.45, 7) is 1.37. The highest BCUT2D eigenvalue weighted by atomic mass is 32.2. The number of ether oxygens (including phenoxy) is 2. The molecule has 0 bridgehead atoms. The number of nitrogens with zero attached hydrogens (tertiary/aromatic N) is 2. The van der Waals surface area contributed by atoms with Crippen LogP contribution in [0.25, 0.3) is 11.1 Å². The number of aliphatic hydroxyl groups is 5. The maximum absolute atomic E-state index is 12.2. The average Bonchev–Trinajstić information content (AvgIpc) is 4.04. The molecule has 0 aliphatic heterocycles. The zero-order valence-corrected chi connectivity index (χ0v) is 27.4. The Morgan fingerprint density at radius 2 is 1.79 bits per heavy atom. The van der Waals surface area contributed by atoms with Gasteiger partial charge in [0.2, 0.25) is 5.91 Å². The normalized spacial score (nSPS) is 17.8. The van der Waals surface area contributed by atoms with Crippen LogP contribution in [0.5, 0.6) is 5.75 Å². The van der Waals surface area contributed by atoms with Crippen molar-refractivity contribution in [2.45, 2.75) is 99.6 Å². The summed E-state index contributed by atoms with van der Waals surface area (Å²) in [5.41, 5.74) is 4.75. The molecule has 11 nitrogen and oxygen atoms in total. The number of rotatable bonds is 19. The Kier molecular flexibility index (Phi) is 12.2. The molecule has 2 fully saturated rings. The van der Waals surface area contributed by atoms with E-state index in [1.807, 2.05) is 49.6 Å². The third kappa shape index (κ3) is 9.50. The third-order valence-electron chi connectivity index (χ3n) is 8.55. The molecule has 2 heterocycles. The van der Waals surface area contributed by atoms with E-state index in [2.05, 4.69) is 22.4 Å². The molecule has 1 aromatic carbocycles. The molecule has 0 radical (unpaired) electrons. The largest absolute Gasteiger partial charge is 0.490 e. The van der Waals surface area contributed by atoms with Crippen LogP contribution in [0.3, 0.4) is 0 Å². The lowest BCUT2D eigenvalue weighted by atomic mass is 9.96. The molecule has 5 rings (SSSR count). The lowest BCUT2D eigenvalue weighted by Gasteiger charge is -2.25. The Bertz CT molecular complexity index is 1480. The minimum Gasteiger partial charge on any atom is -0.490 e. The smallest absolute Gasteiger partial charge is 0.220 e. The van der Waals surface area contributed by atoms with E-state index in [-0.39, 0.29) is 18.9 Å². The maximum Gasteiger partial charge on any atom is 0.220 e. The number of aromatic nitrogens is 2. The van der Waals surface area contributed by atoms with Crippen LogP contribution in [0.4, 0.5) is 0 Å². The fourth-order valence-corrected chi connectivity index (χ4v) is 6.19. The fraction of sp³-hybridized carbons (Fsp3) is 0.514. The summed E-state index contributed by atoms with van der Waals surface area (Å²) in [5.74, 6) is 1.37. The fourth-order valence-electron chi connectivity index (χ4n) is 5.29. The number of pyridine rings is 2. The highest BCUT2D eigenvalue weighted by molar-refractivity contribution is 7.99. The SMILES string of the molecule is Cc1ccc(SCCCCC(=O)NCC(O)C(O)C(O)C(O)CO)nc1COC1(c2cnccc2-c2ccccc2OC2CC2)CC1. The first-order valence-corrected chi connectivity index (χ1v) is 17.2. The number of hydrogen-bond donors (Lipinski definition) is 6. The van der Waals surface area contributed by atoms with Crippen LogP contribution in [0.15, 0.2) is 59.9 Å². The van der Waals surface area contributed by atoms with Crippen molar-refractivity contribution in [3.05, 3.63) is 71.7 Å². The molecule has 6 N–H and O–H groups in total. The van der Waals surface area contributed by atoms with E-state index in [1.54, 1.807) is 11.8 Å². The van der Waals surface area contributed by atoms with Gasteiger partial charge in [-0.15, -0.1) is 11.8 Å². The molecule has 4 atom stereocenters. The van der Waals surface area contributed by atoms with Crippen LogP contribution in [0, 0.1) is 6.92 Å². The number of thioether (sulfide) groups is 1. The van der Waals surface area contributed by atoms with Crippen LogP contribution in [0.2, 0.25) is 0 Å². The van der Waals surface area contributed by atoms with Crippen molar-refractivity contribution >= 4 is 17.7 Å². The van der Waals surface area contributed by atoms with Crippen molar-refractivity contribution in [2.24, 2.45) is 0 Å². The van der Waals surface area contributed by atoms with E-state index in [4.69, 9.17) is 19.6 Å². The number of unbranched alkanes of at least 4 members (excludes halogenated alkanes) is 1. The van der Waals surface area contributed by atoms with Crippen LogP contribution < -0.4 is 10.1 Å². The van der Waals surface area contributed by atoms with Gasteiger partial charge in [0.05, 0.1) is 41.7 Å². The van der Waals surface area contributed by atoms with E-state index >= 15 is 0 Å². The number of amides is 1. The van der Waals surface area contributed by atoms with E-state index in [9.17, 15) is 25.2 Å². The first kappa shape index (κ1) is 35.2. The first-order valence-electron chi connectivity index (χ1n) is 16.2. The molecule has 2 aliphatic rings. The quantitative estimate of drug-likeness (QED) is 0.0819. The van der Waals surface area contributed by atoms with Crippen LogP contribution in [-0.4, -0.2) is 90.8 Å². The number of carbonyl (C=O) groups is 1. The van der Waals surface area contributed by atoms with E-state index < -0.39 is 36.6 Å². The summed E-state index contributed by atoms with van der Waals surface area (Å²) < 4.78 is 12.9. The van der Waals surface area contributed by atoms with Gasteiger partial charge in [-0.2, -0.15) is 0 Å². The maximum atomic E-state index is 12.2. The lowest BCUT2D eigenvalue weighted by molar-refractivity contribution is -0.126. The molecule has 254 valence electrons. The highest BCUT2D eigenvalue weighted by Crippen LogP contribution is 2.53. The molecular formula is C35H45N3O8S. The zero-order chi connectivity index (χ0) is 33.4. The first-order chi connectivity index (χ1) is 22.7. The molecule has 47 heavy (non-hydrogen) atoms. The third-order valence-corrected chi connectivity index (χ3v) is 9.57. The molecule has 3 aromatic rings. The van der Waals surface area contributed by atoms with E-state index in [0.29, 0.717) is 19.1 Å². The second-order valence-corrected chi connectivity index (χ2v) is 13.5. The summed E-state index contributed by atoms with van der Waals surface area (Å²) in [6, 6.07) is 14.3. The van der Waals surface area contributed by atoms with Crippen LogP contribution >= 0.6 is 11.8 Å². The summed E-state index contributed by atoms with van der Waals surface area (Å²) in [5, 5.41) is 51.2. The van der Waals surface area contributed by atoms with Gasteiger partial charge in [0.15, 0.2) is 0 Å². The van der Waals surface area contributed by atoms with E-state index in [0.717, 1.165) is 76.6 Å². The molecule has 4 unspecified atom stereocenters. The van der Waals surface area contributed by atoms with Gasteiger partial charge in [0, 0.05) is 36.5 Å². The number of benzene rings is 1. The molecule has 0 saturated heterocycles. The van der Waals surface area contributed by atoms with Gasteiger partial charge in [-0.3, -0.25) is 9.78 Å². The summed E-state index contributed by atoms with van der Waals surface area (Å²) in [6.07, 6.45) is 3.17. The Morgan fingerprint density at radius 3 is 2.53 bits per heavy atom. The van der Waals surface area contributed by atoms with Crippen molar-refractivity contribution in [2.75, 3.05) is 18.9 Å². The number of para-hydroxylation sites is 1. The molecule has 0 spiro atoms. The van der Waals surface area contributed by atoms with Gasteiger partial charge < -0.3 is 40.3 Å². The Morgan fingerprint density at radius 1 is 1.02 bits per heavy atom. The minimum atomic E-state index is -1.73. The zero-order valence-electron chi connectivity index (χ0n) is 26.6. The highest BCUT2D eigenvalue weighted by Gasteiger charge is 2.48. The number of nitrogens with one attached hydrogen (secondary N) is 1. The Labute approximate surface area is 279 Å². The number of aliphatic hydroxyl groups excluding tert-OH is 5. The molecule has 12 heteroatoms. The van der Waals surface area contributed by atoms with Gasteiger partial charge in [0.25, 0.3) is 0 Å². The topological polar surface area (TPSA) is 174 Å². The minimum absolute atomic E-state index is 0.237. The molecule has 2 aliphatic carbocycles. The predicted octanol–water partition coefficient (Wildman–Crippen LogP) is 3.01. The Balaban J connectivity index is 1.09. The summed E-state index contributed by atoms with van der Waals surface area (Å²) in [4.78, 5) is 21.5. The van der Waals surface area contributed by atoms with Crippen molar-refractivity contribution in [1.82, 2.24) is 15.3 Å². The van der Waals surface area contributed by atoms with Gasteiger partial charge in [-0.1, -0.05) is 24.3 Å².